The van der Waals surface area contributed by atoms with E-state index < -0.39 is 0 Å². The number of carbonyl (C=O) groups excluding carboxylic acids is 1. The smallest absolute Gasteiger partial charge is 0.223 e. The van der Waals surface area contributed by atoms with E-state index >= 15 is 0 Å². The van der Waals surface area contributed by atoms with Crippen LogP contribution in [0, 0.1) is 11.7 Å². The SMILES string of the molecule is O=C(NCCSCCCO)C1CC1c1ccc(F)cc1. The van der Waals surface area contributed by atoms with Gasteiger partial charge in [0, 0.05) is 24.8 Å². The van der Waals surface area contributed by atoms with E-state index in [4.69, 9.17) is 5.11 Å². The van der Waals surface area contributed by atoms with Gasteiger partial charge in [0.1, 0.15) is 5.82 Å². The summed E-state index contributed by atoms with van der Waals surface area (Å²) in [4.78, 5) is 11.9. The van der Waals surface area contributed by atoms with Gasteiger partial charge in [-0.2, -0.15) is 11.8 Å². The number of nitrogens with one attached hydrogen (secondary N) is 1. The Balaban J connectivity index is 1.64. The van der Waals surface area contributed by atoms with Crippen molar-refractivity contribution in [3.05, 3.63) is 35.6 Å². The Morgan fingerprint density at radius 1 is 1.35 bits per heavy atom. The second-order valence-electron chi connectivity index (χ2n) is 4.98. The zero-order chi connectivity index (χ0) is 14.4. The molecule has 20 heavy (non-hydrogen) atoms. The summed E-state index contributed by atoms with van der Waals surface area (Å²) in [7, 11) is 0. The Bertz CT molecular complexity index is 438. The fourth-order valence-electron chi connectivity index (χ4n) is 2.21. The van der Waals surface area contributed by atoms with Crippen LogP contribution in [0.1, 0.15) is 24.3 Å². The third-order valence-corrected chi connectivity index (χ3v) is 4.49. The maximum atomic E-state index is 12.8. The van der Waals surface area contributed by atoms with Crippen LogP contribution in [0.3, 0.4) is 0 Å². The first-order valence-corrected chi connectivity index (χ1v) is 8.09. The second-order valence-corrected chi connectivity index (χ2v) is 6.21. The molecule has 0 spiro atoms. The summed E-state index contributed by atoms with van der Waals surface area (Å²) in [6, 6.07) is 6.41. The van der Waals surface area contributed by atoms with Gasteiger partial charge in [0.2, 0.25) is 5.91 Å². The van der Waals surface area contributed by atoms with Crippen molar-refractivity contribution in [2.24, 2.45) is 5.92 Å². The highest BCUT2D eigenvalue weighted by Gasteiger charge is 2.43. The van der Waals surface area contributed by atoms with E-state index in [1.807, 2.05) is 0 Å². The molecule has 0 aliphatic heterocycles. The number of rotatable bonds is 8. The van der Waals surface area contributed by atoms with E-state index in [0.717, 1.165) is 29.9 Å². The predicted octanol–water partition coefficient (Wildman–Crippen LogP) is 2.16. The molecule has 1 aliphatic carbocycles. The summed E-state index contributed by atoms with van der Waals surface area (Å²) in [5.41, 5.74) is 1.05. The van der Waals surface area contributed by atoms with Gasteiger partial charge in [-0.15, -0.1) is 0 Å². The van der Waals surface area contributed by atoms with Crippen LogP contribution in [0.25, 0.3) is 0 Å². The van der Waals surface area contributed by atoms with Crippen molar-refractivity contribution in [1.29, 1.82) is 0 Å². The lowest BCUT2D eigenvalue weighted by Crippen LogP contribution is -2.27. The van der Waals surface area contributed by atoms with Crippen LogP contribution in [0.15, 0.2) is 24.3 Å². The summed E-state index contributed by atoms with van der Waals surface area (Å²) in [5.74, 6) is 1.95. The number of hydrogen-bond acceptors (Lipinski definition) is 3. The molecule has 0 heterocycles. The molecular formula is C15H20FNO2S. The molecule has 1 saturated carbocycles. The fourth-order valence-corrected chi connectivity index (χ4v) is 2.99. The summed E-state index contributed by atoms with van der Waals surface area (Å²) in [6.07, 6.45) is 1.66. The van der Waals surface area contributed by atoms with Gasteiger partial charge in [-0.05, 0) is 42.2 Å². The van der Waals surface area contributed by atoms with E-state index in [0.29, 0.717) is 6.54 Å². The van der Waals surface area contributed by atoms with Gasteiger partial charge < -0.3 is 10.4 Å². The quantitative estimate of drug-likeness (QED) is 0.723. The molecule has 2 rings (SSSR count). The lowest BCUT2D eigenvalue weighted by molar-refractivity contribution is -0.122. The number of halogens is 1. The third kappa shape index (κ3) is 4.49. The lowest BCUT2D eigenvalue weighted by Gasteiger charge is -2.05. The number of aliphatic hydroxyl groups is 1. The van der Waals surface area contributed by atoms with Crippen molar-refractivity contribution in [3.63, 3.8) is 0 Å². The molecule has 0 bridgehead atoms. The zero-order valence-corrected chi connectivity index (χ0v) is 12.2. The van der Waals surface area contributed by atoms with E-state index in [9.17, 15) is 9.18 Å². The van der Waals surface area contributed by atoms with Crippen LogP contribution in [0.2, 0.25) is 0 Å². The highest BCUT2D eigenvalue weighted by atomic mass is 32.2. The molecule has 2 N–H and O–H groups in total. The van der Waals surface area contributed by atoms with Crippen LogP contribution in [-0.2, 0) is 4.79 Å². The minimum absolute atomic E-state index is 0.0444. The highest BCUT2D eigenvalue weighted by molar-refractivity contribution is 7.99. The van der Waals surface area contributed by atoms with E-state index in [-0.39, 0.29) is 30.2 Å². The minimum Gasteiger partial charge on any atom is -0.396 e. The van der Waals surface area contributed by atoms with E-state index in [2.05, 4.69) is 5.32 Å². The maximum absolute atomic E-state index is 12.8. The van der Waals surface area contributed by atoms with Gasteiger partial charge >= 0.3 is 0 Å². The average Bonchev–Trinajstić information content (AvgIpc) is 3.24. The number of benzene rings is 1. The largest absolute Gasteiger partial charge is 0.396 e. The van der Waals surface area contributed by atoms with Crippen LogP contribution in [0.5, 0.6) is 0 Å². The Hall–Kier alpha value is -1.07. The van der Waals surface area contributed by atoms with E-state index in [1.165, 1.54) is 12.1 Å². The zero-order valence-electron chi connectivity index (χ0n) is 11.3. The molecule has 1 aromatic rings. The summed E-state index contributed by atoms with van der Waals surface area (Å²) >= 11 is 1.73. The molecule has 0 saturated heterocycles. The van der Waals surface area contributed by atoms with Gasteiger partial charge in [0.25, 0.3) is 0 Å². The molecule has 3 nitrogen and oxygen atoms in total. The van der Waals surface area contributed by atoms with Crippen LogP contribution in [0.4, 0.5) is 4.39 Å². The molecular weight excluding hydrogens is 277 g/mol. The molecule has 0 radical (unpaired) electrons. The maximum Gasteiger partial charge on any atom is 0.223 e. The minimum atomic E-state index is -0.240. The molecule has 0 aromatic heterocycles. The number of aliphatic hydroxyl groups excluding tert-OH is 1. The monoisotopic (exact) mass is 297 g/mol. The van der Waals surface area contributed by atoms with Crippen LogP contribution < -0.4 is 5.32 Å². The number of hydrogen-bond donors (Lipinski definition) is 2. The van der Waals surface area contributed by atoms with Crippen molar-refractivity contribution < 1.29 is 14.3 Å². The molecule has 1 aromatic carbocycles. The van der Waals surface area contributed by atoms with Crippen molar-refractivity contribution >= 4 is 17.7 Å². The third-order valence-electron chi connectivity index (χ3n) is 3.42. The molecule has 2 atom stereocenters. The fraction of sp³-hybridized carbons (Fsp3) is 0.533. The summed E-state index contributed by atoms with van der Waals surface area (Å²) in [5, 5.41) is 11.6. The summed E-state index contributed by atoms with van der Waals surface area (Å²) < 4.78 is 12.8. The normalized spacial score (nSPS) is 20.7. The Kier molecular flexibility index (Phi) is 5.86. The Morgan fingerprint density at radius 3 is 2.80 bits per heavy atom. The molecule has 1 aliphatic rings. The number of carbonyl (C=O) groups is 1. The second kappa shape index (κ2) is 7.64. The first-order valence-electron chi connectivity index (χ1n) is 6.94. The molecule has 1 amide bonds. The molecule has 1 fully saturated rings. The summed E-state index contributed by atoms with van der Waals surface area (Å²) in [6.45, 7) is 0.891. The first kappa shape index (κ1) is 15.3. The average molecular weight is 297 g/mol. The predicted molar refractivity (Wildman–Crippen MR) is 79.3 cm³/mol. The topological polar surface area (TPSA) is 49.3 Å². The van der Waals surface area contributed by atoms with Gasteiger partial charge in [0.05, 0.1) is 0 Å². The lowest BCUT2D eigenvalue weighted by atomic mass is 10.1. The van der Waals surface area contributed by atoms with Gasteiger partial charge in [0.15, 0.2) is 0 Å². The van der Waals surface area contributed by atoms with Crippen molar-refractivity contribution in [3.8, 4) is 0 Å². The number of thioether (sulfide) groups is 1. The van der Waals surface area contributed by atoms with Gasteiger partial charge in [-0.3, -0.25) is 4.79 Å². The van der Waals surface area contributed by atoms with Crippen molar-refractivity contribution in [2.45, 2.75) is 18.8 Å². The standard InChI is InChI=1S/C15H20FNO2S/c16-12-4-2-11(3-5-12)13-10-14(13)15(19)17-6-9-20-8-1-7-18/h2-5,13-14,18H,1,6-10H2,(H,17,19). The first-order chi connectivity index (χ1) is 9.72. The Labute approximate surface area is 123 Å². The highest BCUT2D eigenvalue weighted by Crippen LogP contribution is 2.47. The van der Waals surface area contributed by atoms with E-state index in [1.54, 1.807) is 23.9 Å². The van der Waals surface area contributed by atoms with Gasteiger partial charge in [-0.25, -0.2) is 4.39 Å². The number of amides is 1. The van der Waals surface area contributed by atoms with Gasteiger partial charge in [-0.1, -0.05) is 12.1 Å². The molecule has 2 unspecified atom stereocenters. The van der Waals surface area contributed by atoms with Crippen molar-refractivity contribution in [1.82, 2.24) is 5.32 Å². The van der Waals surface area contributed by atoms with Crippen molar-refractivity contribution in [2.75, 3.05) is 24.7 Å². The van der Waals surface area contributed by atoms with Crippen LogP contribution >= 0.6 is 11.8 Å². The molecule has 5 heteroatoms. The Morgan fingerprint density at radius 2 is 2.10 bits per heavy atom. The molecule has 110 valence electrons. The van der Waals surface area contributed by atoms with Crippen LogP contribution in [-0.4, -0.2) is 35.7 Å².